The third kappa shape index (κ3) is 4.41. The van der Waals surface area contributed by atoms with Crippen LogP contribution >= 0.6 is 0 Å². The van der Waals surface area contributed by atoms with Crippen LogP contribution in [-0.2, 0) is 21.1 Å². The molecule has 0 unspecified atom stereocenters. The maximum atomic E-state index is 2.96. The second-order valence-electron chi connectivity index (χ2n) is 1.58. The molecule has 1 aromatic rings. The molecule has 0 aliphatic carbocycles. The molecule has 0 aromatic heterocycles. The molecular formula is C8H10W. The Morgan fingerprint density at radius 1 is 1.44 bits per heavy atom. The Hall–Kier alpha value is -0.0917. The van der Waals surface area contributed by atoms with Crippen molar-refractivity contribution in [2.75, 3.05) is 0 Å². The van der Waals surface area contributed by atoms with Crippen molar-refractivity contribution in [2.24, 2.45) is 0 Å². The van der Waals surface area contributed by atoms with Crippen LogP contribution in [0.5, 0.6) is 0 Å². The molecule has 0 aliphatic heterocycles. The minimum atomic E-state index is 0. The van der Waals surface area contributed by atoms with E-state index in [1.807, 2.05) is 18.2 Å². The van der Waals surface area contributed by atoms with Gasteiger partial charge in [-0.1, -0.05) is 6.92 Å². The van der Waals surface area contributed by atoms with Gasteiger partial charge in [-0.25, -0.2) is 0 Å². The first kappa shape index (κ1) is 11.7. The van der Waals surface area contributed by atoms with Crippen LogP contribution in [0.25, 0.3) is 0 Å². The molecule has 0 radical (unpaired) electrons. The van der Waals surface area contributed by atoms with E-state index in [0.29, 0.717) is 0 Å². The van der Waals surface area contributed by atoms with Gasteiger partial charge in [0.2, 0.25) is 0 Å². The first-order valence-corrected chi connectivity index (χ1v) is 2.32. The van der Waals surface area contributed by atoms with Crippen molar-refractivity contribution in [1.29, 1.82) is 0 Å². The Kier molecular flexibility index (Phi) is 7.83. The quantitative estimate of drug-likeness (QED) is 0.643. The summed E-state index contributed by atoms with van der Waals surface area (Å²) in [7, 11) is 0. The van der Waals surface area contributed by atoms with Gasteiger partial charge in [-0.3, -0.25) is 0 Å². The smallest absolute Gasteiger partial charge is 0.358 e. The zero-order chi connectivity index (χ0) is 5.11. The standard InChI is InChI=1S/C7H7.CH3.W/c1-7-5-3-2-4-6-7;;/h2-3,5-6H,1H3;1H3;/q2*-1;+2. The first-order chi connectivity index (χ1) is 3.39. The first-order valence-electron chi connectivity index (χ1n) is 2.32. The molecule has 0 atom stereocenters. The fraction of sp³-hybridized carbons (Fsp3) is 0.125. The number of benzene rings is 1. The van der Waals surface area contributed by atoms with Crippen LogP contribution in [0.3, 0.4) is 0 Å². The molecule has 1 rings (SSSR count). The second kappa shape index (κ2) is 6.03. The molecule has 1 heteroatoms. The van der Waals surface area contributed by atoms with E-state index in [0.717, 1.165) is 0 Å². The second-order valence-corrected chi connectivity index (χ2v) is 1.58. The predicted octanol–water partition coefficient (Wildman–Crippen LogP) is 2.24. The fourth-order valence-corrected chi connectivity index (χ4v) is 0.483. The van der Waals surface area contributed by atoms with Crippen molar-refractivity contribution < 1.29 is 21.1 Å². The number of rotatable bonds is 0. The molecule has 0 saturated carbocycles. The summed E-state index contributed by atoms with van der Waals surface area (Å²) >= 11 is 0. The van der Waals surface area contributed by atoms with Crippen molar-refractivity contribution in [3.05, 3.63) is 43.3 Å². The number of aryl methyl sites for hydroxylation is 1. The molecule has 0 amide bonds. The fourth-order valence-electron chi connectivity index (χ4n) is 0.483. The molecule has 1 aromatic carbocycles. The van der Waals surface area contributed by atoms with E-state index >= 15 is 0 Å². The van der Waals surface area contributed by atoms with Gasteiger partial charge in [0, 0.05) is 0 Å². The molecular weight excluding hydrogens is 280 g/mol. The van der Waals surface area contributed by atoms with Crippen molar-refractivity contribution >= 4 is 0 Å². The van der Waals surface area contributed by atoms with Gasteiger partial charge >= 0.3 is 21.1 Å². The minimum Gasteiger partial charge on any atom is -0.358 e. The van der Waals surface area contributed by atoms with Crippen LogP contribution in [0.15, 0.2) is 24.3 Å². The van der Waals surface area contributed by atoms with Gasteiger partial charge in [0.05, 0.1) is 0 Å². The van der Waals surface area contributed by atoms with Gasteiger partial charge in [0.25, 0.3) is 0 Å². The van der Waals surface area contributed by atoms with Crippen LogP contribution in [0.1, 0.15) is 5.56 Å². The Labute approximate surface area is 71.6 Å². The maximum Gasteiger partial charge on any atom is 2.00 e. The molecule has 0 N–H and O–H groups in total. The Morgan fingerprint density at radius 2 is 2.11 bits per heavy atom. The molecule has 0 heterocycles. The Bertz CT molecular complexity index is 134. The van der Waals surface area contributed by atoms with Crippen LogP contribution in [0, 0.1) is 20.4 Å². The van der Waals surface area contributed by atoms with Gasteiger partial charge in [0.15, 0.2) is 0 Å². The molecule has 0 nitrogen and oxygen atoms in total. The summed E-state index contributed by atoms with van der Waals surface area (Å²) in [6.45, 7) is 2.05. The SMILES string of the molecule is Cc1c[c-]ccc1.[CH3-].[W+2]. The van der Waals surface area contributed by atoms with Crippen molar-refractivity contribution in [3.63, 3.8) is 0 Å². The molecule has 0 saturated heterocycles. The van der Waals surface area contributed by atoms with Gasteiger partial charge in [-0.15, -0.1) is 0 Å². The van der Waals surface area contributed by atoms with E-state index in [2.05, 4.69) is 19.1 Å². The minimum absolute atomic E-state index is 0. The van der Waals surface area contributed by atoms with E-state index in [9.17, 15) is 0 Å². The summed E-state index contributed by atoms with van der Waals surface area (Å²) in [6, 6.07) is 10.8. The Balaban J connectivity index is 0. The topological polar surface area (TPSA) is 0 Å². The van der Waals surface area contributed by atoms with E-state index in [-0.39, 0.29) is 28.5 Å². The average molecular weight is 290 g/mol. The summed E-state index contributed by atoms with van der Waals surface area (Å²) in [5.41, 5.74) is 1.27. The predicted molar refractivity (Wildman–Crippen MR) is 36.4 cm³/mol. The third-order valence-electron chi connectivity index (χ3n) is 0.863. The average Bonchev–Trinajstić information content (AvgIpc) is 1.69. The van der Waals surface area contributed by atoms with Gasteiger partial charge in [0.1, 0.15) is 0 Å². The summed E-state index contributed by atoms with van der Waals surface area (Å²) < 4.78 is 0. The molecule has 0 spiro atoms. The normalized spacial score (nSPS) is 6.78. The number of hydrogen-bond donors (Lipinski definition) is 0. The van der Waals surface area contributed by atoms with E-state index in [4.69, 9.17) is 0 Å². The third-order valence-corrected chi connectivity index (χ3v) is 0.863. The zero-order valence-electron chi connectivity index (χ0n) is 5.72. The van der Waals surface area contributed by atoms with Gasteiger partial charge in [-0.05, 0) is 0 Å². The molecule has 9 heavy (non-hydrogen) atoms. The summed E-state index contributed by atoms with van der Waals surface area (Å²) in [5.74, 6) is 0. The summed E-state index contributed by atoms with van der Waals surface area (Å²) in [4.78, 5) is 0. The van der Waals surface area contributed by atoms with E-state index < -0.39 is 0 Å². The van der Waals surface area contributed by atoms with E-state index in [1.165, 1.54) is 5.56 Å². The Morgan fingerprint density at radius 3 is 2.33 bits per heavy atom. The largest absolute Gasteiger partial charge is 2.00 e. The summed E-state index contributed by atoms with van der Waals surface area (Å²) in [6.07, 6.45) is 0. The van der Waals surface area contributed by atoms with Crippen LogP contribution in [-0.4, -0.2) is 0 Å². The number of hydrogen-bond acceptors (Lipinski definition) is 0. The zero-order valence-corrected chi connectivity index (χ0v) is 8.65. The van der Waals surface area contributed by atoms with Crippen molar-refractivity contribution in [1.82, 2.24) is 0 Å². The monoisotopic (exact) mass is 290 g/mol. The molecule has 0 aliphatic rings. The van der Waals surface area contributed by atoms with Crippen LogP contribution in [0.4, 0.5) is 0 Å². The maximum absolute atomic E-state index is 2.96. The van der Waals surface area contributed by atoms with Crippen LogP contribution < -0.4 is 0 Å². The van der Waals surface area contributed by atoms with Gasteiger partial charge in [-0.2, -0.15) is 35.9 Å². The van der Waals surface area contributed by atoms with E-state index in [1.54, 1.807) is 0 Å². The summed E-state index contributed by atoms with van der Waals surface area (Å²) in [5, 5.41) is 0. The van der Waals surface area contributed by atoms with Gasteiger partial charge < -0.3 is 7.43 Å². The van der Waals surface area contributed by atoms with Crippen molar-refractivity contribution in [3.8, 4) is 0 Å². The van der Waals surface area contributed by atoms with Crippen LogP contribution in [0.2, 0.25) is 0 Å². The molecule has 0 fully saturated rings. The van der Waals surface area contributed by atoms with Crippen molar-refractivity contribution in [2.45, 2.75) is 6.92 Å². The molecule has 48 valence electrons. The molecule has 0 bridgehead atoms.